The van der Waals surface area contributed by atoms with Crippen LogP contribution >= 0.6 is 0 Å². The standard InChI is InChI=1S/C16H34.C7H8.K.NO3/c1-3-5-7-9-11-13-15-16-14-12-10-8-6-4-2;1-7-5-3-2-4-6-7;;2-1(3)4/h3-16H2,1-2H3;2-6H,1H3;;/q;;+1;-1. The average Bonchev–Trinajstić information content (AvgIpc) is 2.63. The van der Waals surface area contributed by atoms with Crippen molar-refractivity contribution in [3.8, 4) is 0 Å². The van der Waals surface area contributed by atoms with Crippen molar-refractivity contribution in [2.75, 3.05) is 0 Å². The largest absolute Gasteiger partial charge is 1.00 e. The van der Waals surface area contributed by atoms with Crippen molar-refractivity contribution < 1.29 is 56.5 Å². The van der Waals surface area contributed by atoms with Gasteiger partial charge < -0.3 is 15.3 Å². The smallest absolute Gasteiger partial charge is 0.356 e. The van der Waals surface area contributed by atoms with E-state index in [-0.39, 0.29) is 51.4 Å². The van der Waals surface area contributed by atoms with E-state index in [4.69, 9.17) is 15.3 Å². The summed E-state index contributed by atoms with van der Waals surface area (Å²) in [6, 6.07) is 10.3. The van der Waals surface area contributed by atoms with Gasteiger partial charge in [0.2, 0.25) is 0 Å². The molecule has 1 aromatic rings. The molecule has 0 fully saturated rings. The molecule has 28 heavy (non-hydrogen) atoms. The monoisotopic (exact) mass is 419 g/mol. The minimum absolute atomic E-state index is 0. The molecule has 0 radical (unpaired) electrons. The second kappa shape index (κ2) is 29.3. The summed E-state index contributed by atoms with van der Waals surface area (Å²) >= 11 is 0. The molecule has 0 aliphatic heterocycles. The van der Waals surface area contributed by atoms with Gasteiger partial charge in [-0.1, -0.05) is 140 Å². The van der Waals surface area contributed by atoms with E-state index in [0.29, 0.717) is 0 Å². The summed E-state index contributed by atoms with van der Waals surface area (Å²) < 4.78 is 0. The predicted octanol–water partition coefficient (Wildman–Crippen LogP) is 5.25. The van der Waals surface area contributed by atoms with Crippen LogP contribution in [-0.4, -0.2) is 5.09 Å². The van der Waals surface area contributed by atoms with Crippen LogP contribution in [0.15, 0.2) is 30.3 Å². The predicted molar refractivity (Wildman–Crippen MR) is 118 cm³/mol. The van der Waals surface area contributed by atoms with Gasteiger partial charge >= 0.3 is 51.4 Å². The Kier molecular flexibility index (Phi) is 34.2. The van der Waals surface area contributed by atoms with E-state index in [1.807, 2.05) is 18.2 Å². The van der Waals surface area contributed by atoms with Crippen LogP contribution in [0.4, 0.5) is 0 Å². The van der Waals surface area contributed by atoms with Crippen LogP contribution in [0.2, 0.25) is 0 Å². The first-order valence-electron chi connectivity index (χ1n) is 10.9. The van der Waals surface area contributed by atoms with Crippen molar-refractivity contribution in [2.24, 2.45) is 0 Å². The van der Waals surface area contributed by atoms with Gasteiger partial charge in [-0.3, -0.25) is 0 Å². The Morgan fingerprint density at radius 3 is 1.07 bits per heavy atom. The first kappa shape index (κ1) is 32.7. The maximum Gasteiger partial charge on any atom is 1.00 e. The normalized spacial score (nSPS) is 9.25. The van der Waals surface area contributed by atoms with Crippen molar-refractivity contribution in [1.82, 2.24) is 0 Å². The van der Waals surface area contributed by atoms with Crippen LogP contribution < -0.4 is 51.4 Å². The van der Waals surface area contributed by atoms with Crippen LogP contribution in [0.1, 0.15) is 109 Å². The van der Waals surface area contributed by atoms with Gasteiger partial charge in [-0.05, 0) is 6.92 Å². The first-order valence-corrected chi connectivity index (χ1v) is 10.9. The summed E-state index contributed by atoms with van der Waals surface area (Å²) in [7, 11) is 0. The van der Waals surface area contributed by atoms with Gasteiger partial charge in [0.05, 0.1) is 5.09 Å². The SMILES string of the molecule is CCCCCCCCCCCCCCCC.Cc1ccccc1.O=[N+]([O-])[O-].[K+]. The number of aryl methyl sites for hydroxylation is 1. The molecular formula is C23H42KNO3. The summed E-state index contributed by atoms with van der Waals surface area (Å²) in [6.07, 6.45) is 20.4. The maximum absolute atomic E-state index is 8.25. The van der Waals surface area contributed by atoms with Crippen LogP contribution in [0.25, 0.3) is 0 Å². The zero-order valence-corrected chi connectivity index (χ0v) is 22.1. The second-order valence-electron chi connectivity index (χ2n) is 7.12. The van der Waals surface area contributed by atoms with Crippen molar-refractivity contribution in [1.29, 1.82) is 0 Å². The van der Waals surface area contributed by atoms with Crippen molar-refractivity contribution >= 4 is 0 Å². The van der Waals surface area contributed by atoms with Gasteiger partial charge in [-0.2, -0.15) is 0 Å². The molecule has 0 unspecified atom stereocenters. The molecule has 0 aliphatic rings. The third-order valence-electron chi connectivity index (χ3n) is 4.40. The molecule has 0 bridgehead atoms. The van der Waals surface area contributed by atoms with Gasteiger partial charge in [0.15, 0.2) is 0 Å². The third-order valence-corrected chi connectivity index (χ3v) is 4.40. The molecule has 158 valence electrons. The zero-order chi connectivity index (χ0) is 20.6. The fourth-order valence-corrected chi connectivity index (χ4v) is 2.80. The number of hydrogen-bond donors (Lipinski definition) is 0. The molecule has 0 heterocycles. The molecule has 1 rings (SSSR count). The minimum Gasteiger partial charge on any atom is -0.356 e. The number of unbranched alkanes of at least 4 members (excludes halogenated alkanes) is 13. The molecular weight excluding hydrogens is 377 g/mol. The van der Waals surface area contributed by atoms with Crippen molar-refractivity contribution in [3.63, 3.8) is 0 Å². The summed E-state index contributed by atoms with van der Waals surface area (Å²) in [5, 5.41) is 14.8. The molecule has 5 heteroatoms. The topological polar surface area (TPSA) is 66.2 Å². The van der Waals surface area contributed by atoms with Crippen molar-refractivity contribution in [2.45, 2.75) is 111 Å². The summed E-state index contributed by atoms with van der Waals surface area (Å²) in [6.45, 7) is 6.66. The quantitative estimate of drug-likeness (QED) is 0.190. The van der Waals surface area contributed by atoms with E-state index < -0.39 is 5.09 Å². The molecule has 4 nitrogen and oxygen atoms in total. The summed E-state index contributed by atoms with van der Waals surface area (Å²) in [4.78, 5) is 8.25. The fourth-order valence-electron chi connectivity index (χ4n) is 2.80. The van der Waals surface area contributed by atoms with Crippen LogP contribution in [-0.2, 0) is 0 Å². The second-order valence-corrected chi connectivity index (χ2v) is 7.12. The van der Waals surface area contributed by atoms with E-state index >= 15 is 0 Å². The molecule has 0 N–H and O–H groups in total. The minimum atomic E-state index is -1.75. The van der Waals surface area contributed by atoms with Gasteiger partial charge in [0.1, 0.15) is 0 Å². The Labute approximate surface area is 216 Å². The van der Waals surface area contributed by atoms with Crippen LogP contribution in [0.5, 0.6) is 0 Å². The van der Waals surface area contributed by atoms with E-state index in [0.717, 1.165) is 0 Å². The van der Waals surface area contributed by atoms with Gasteiger partial charge in [-0.15, -0.1) is 0 Å². The molecule has 0 amide bonds. The molecule has 0 spiro atoms. The average molecular weight is 420 g/mol. The first-order chi connectivity index (χ1) is 13.0. The molecule has 0 aliphatic carbocycles. The van der Waals surface area contributed by atoms with Gasteiger partial charge in [0.25, 0.3) is 0 Å². The maximum atomic E-state index is 8.25. The van der Waals surface area contributed by atoms with E-state index in [2.05, 4.69) is 32.9 Å². The van der Waals surface area contributed by atoms with Crippen LogP contribution in [0, 0.1) is 22.2 Å². The Morgan fingerprint density at radius 2 is 0.893 bits per heavy atom. The Balaban J connectivity index is -0.000000427. The van der Waals surface area contributed by atoms with E-state index in [1.54, 1.807) is 0 Å². The summed E-state index contributed by atoms with van der Waals surface area (Å²) in [5.41, 5.74) is 1.32. The van der Waals surface area contributed by atoms with Gasteiger partial charge in [0, 0.05) is 0 Å². The zero-order valence-electron chi connectivity index (χ0n) is 19.0. The van der Waals surface area contributed by atoms with Crippen LogP contribution in [0.3, 0.4) is 0 Å². The fraction of sp³-hybridized carbons (Fsp3) is 0.739. The number of nitrogens with zero attached hydrogens (tertiary/aromatic N) is 1. The number of benzene rings is 1. The molecule has 0 saturated carbocycles. The molecule has 0 saturated heterocycles. The molecule has 1 aromatic carbocycles. The van der Waals surface area contributed by atoms with Crippen molar-refractivity contribution in [3.05, 3.63) is 51.2 Å². The molecule has 0 aromatic heterocycles. The number of rotatable bonds is 13. The summed E-state index contributed by atoms with van der Waals surface area (Å²) in [5.74, 6) is 0. The van der Waals surface area contributed by atoms with Gasteiger partial charge in [-0.25, -0.2) is 0 Å². The Morgan fingerprint density at radius 1 is 0.643 bits per heavy atom. The number of hydrogen-bond acceptors (Lipinski definition) is 3. The van der Waals surface area contributed by atoms with E-state index in [9.17, 15) is 0 Å². The Bertz CT molecular complexity index is 384. The molecule has 0 atom stereocenters. The third kappa shape index (κ3) is 36.9. The Hall–Kier alpha value is 0.0564. The van der Waals surface area contributed by atoms with E-state index in [1.165, 1.54) is 95.5 Å².